The van der Waals surface area contributed by atoms with E-state index in [1.807, 2.05) is 0 Å². The van der Waals surface area contributed by atoms with Gasteiger partial charge in [0.1, 0.15) is 11.0 Å². The normalized spacial score (nSPS) is 12.7. The third kappa shape index (κ3) is 3.79. The number of aromatic nitrogens is 2. The van der Waals surface area contributed by atoms with Gasteiger partial charge in [0.25, 0.3) is 0 Å². The summed E-state index contributed by atoms with van der Waals surface area (Å²) in [7, 11) is 0. The van der Waals surface area contributed by atoms with Crippen molar-refractivity contribution < 1.29 is 9.90 Å². The molecule has 0 amide bonds. The zero-order valence-electron chi connectivity index (χ0n) is 7.01. The van der Waals surface area contributed by atoms with Gasteiger partial charge in [-0.05, 0) is 11.6 Å². The van der Waals surface area contributed by atoms with Gasteiger partial charge in [-0.25, -0.2) is 0 Å². The molecule has 0 saturated heterocycles. The molecule has 0 aromatic carbocycles. The van der Waals surface area contributed by atoms with Gasteiger partial charge in [-0.3, -0.25) is 4.79 Å². The third-order valence-corrected chi connectivity index (χ3v) is 3.56. The maximum absolute atomic E-state index is 10.4. The molecule has 1 rings (SSSR count). The fraction of sp³-hybridized carbons (Fsp3) is 0.500. The Balaban J connectivity index is 2.25. The Morgan fingerprint density at radius 3 is 2.93 bits per heavy atom. The highest BCUT2D eigenvalue weighted by Gasteiger charge is 2.11. The molecule has 5 nitrogen and oxygen atoms in total. The molecule has 1 heterocycles. The molecule has 0 aliphatic rings. The van der Waals surface area contributed by atoms with E-state index in [1.165, 1.54) is 23.1 Å². The average molecular weight is 254 g/mol. The minimum atomic E-state index is -0.993. The molecule has 3 N–H and O–H groups in total. The molecule has 1 unspecified atom stereocenters. The summed E-state index contributed by atoms with van der Waals surface area (Å²) in [6.07, 6.45) is 0. The van der Waals surface area contributed by atoms with Crippen LogP contribution < -0.4 is 5.73 Å². The molecule has 0 aliphatic heterocycles. The Kier molecular flexibility index (Phi) is 4.59. The maximum Gasteiger partial charge on any atom is 0.321 e. The van der Waals surface area contributed by atoms with E-state index in [4.69, 9.17) is 22.4 Å². The van der Waals surface area contributed by atoms with E-state index in [1.54, 1.807) is 0 Å². The summed E-state index contributed by atoms with van der Waals surface area (Å²) in [5.41, 5.74) is 5.31. The van der Waals surface area contributed by atoms with E-state index < -0.39 is 12.0 Å². The second kappa shape index (κ2) is 5.50. The monoisotopic (exact) mass is 253 g/mol. The number of carboxylic acids is 1. The second-order valence-corrected chi connectivity index (χ2v) is 5.08. The quantitative estimate of drug-likeness (QED) is 0.808. The summed E-state index contributed by atoms with van der Waals surface area (Å²) in [4.78, 5) is 10.4. The number of hydrogen-bond donors (Lipinski definition) is 2. The largest absolute Gasteiger partial charge is 0.480 e. The van der Waals surface area contributed by atoms with Crippen LogP contribution in [0.1, 0.15) is 5.01 Å². The first-order valence-corrected chi connectivity index (χ1v) is 5.98. The second-order valence-electron chi connectivity index (χ2n) is 2.41. The van der Waals surface area contributed by atoms with Crippen molar-refractivity contribution in [3.8, 4) is 0 Å². The Labute approximate surface area is 93.7 Å². The Morgan fingerprint density at radius 2 is 2.43 bits per heavy atom. The van der Waals surface area contributed by atoms with E-state index in [0.29, 0.717) is 16.0 Å². The minimum Gasteiger partial charge on any atom is -0.480 e. The van der Waals surface area contributed by atoms with Crippen molar-refractivity contribution in [1.82, 2.24) is 10.2 Å². The molecular formula is C6H8ClN3O2S2. The molecule has 1 aromatic heterocycles. The lowest BCUT2D eigenvalue weighted by atomic mass is 10.4. The highest BCUT2D eigenvalue weighted by atomic mass is 35.5. The van der Waals surface area contributed by atoms with E-state index in [-0.39, 0.29) is 0 Å². The number of aliphatic carboxylic acids is 1. The number of rotatable bonds is 5. The lowest BCUT2D eigenvalue weighted by Crippen LogP contribution is -2.32. The Morgan fingerprint density at radius 1 is 1.71 bits per heavy atom. The fourth-order valence-corrected chi connectivity index (χ4v) is 2.53. The molecular weight excluding hydrogens is 246 g/mol. The van der Waals surface area contributed by atoms with Gasteiger partial charge in [-0.15, -0.1) is 10.2 Å². The van der Waals surface area contributed by atoms with Crippen LogP contribution in [-0.4, -0.2) is 33.1 Å². The van der Waals surface area contributed by atoms with Crippen LogP contribution in [0.25, 0.3) is 0 Å². The predicted molar refractivity (Wildman–Crippen MR) is 56.7 cm³/mol. The number of carbonyl (C=O) groups is 1. The van der Waals surface area contributed by atoms with E-state index in [2.05, 4.69) is 10.2 Å². The number of halogens is 1. The van der Waals surface area contributed by atoms with Crippen LogP contribution in [0.3, 0.4) is 0 Å². The van der Waals surface area contributed by atoms with E-state index >= 15 is 0 Å². The SMILES string of the molecule is NC(CSCc1nnc(Cl)s1)C(=O)O. The van der Waals surface area contributed by atoms with Crippen molar-refractivity contribution >= 4 is 40.7 Å². The summed E-state index contributed by atoms with van der Waals surface area (Å²) in [5.74, 6) is -0.0504. The minimum absolute atomic E-state index is 0.354. The average Bonchev–Trinajstić information content (AvgIpc) is 2.51. The first-order valence-electron chi connectivity index (χ1n) is 3.63. The van der Waals surface area contributed by atoms with Gasteiger partial charge in [-0.1, -0.05) is 11.3 Å². The molecule has 0 saturated carbocycles. The number of nitrogens with two attached hydrogens (primary N) is 1. The summed E-state index contributed by atoms with van der Waals surface area (Å²) >= 11 is 8.25. The van der Waals surface area contributed by atoms with Crippen molar-refractivity contribution in [3.63, 3.8) is 0 Å². The highest BCUT2D eigenvalue weighted by molar-refractivity contribution is 7.98. The smallest absolute Gasteiger partial charge is 0.321 e. The first-order chi connectivity index (χ1) is 6.59. The van der Waals surface area contributed by atoms with Gasteiger partial charge in [0.05, 0.1) is 0 Å². The Bertz CT molecular complexity index is 320. The number of carboxylic acid groups (broad SMARTS) is 1. The van der Waals surface area contributed by atoms with Crippen LogP contribution in [0.5, 0.6) is 0 Å². The van der Waals surface area contributed by atoms with Crippen molar-refractivity contribution in [2.45, 2.75) is 11.8 Å². The van der Waals surface area contributed by atoms with Crippen LogP contribution in [0.15, 0.2) is 0 Å². The summed E-state index contributed by atoms with van der Waals surface area (Å²) in [6.45, 7) is 0. The summed E-state index contributed by atoms with van der Waals surface area (Å²) < 4.78 is 0.392. The van der Waals surface area contributed by atoms with Crippen LogP contribution in [0.2, 0.25) is 4.47 Å². The van der Waals surface area contributed by atoms with Crippen LogP contribution >= 0.6 is 34.7 Å². The van der Waals surface area contributed by atoms with E-state index in [0.717, 1.165) is 5.01 Å². The molecule has 0 radical (unpaired) electrons. The molecule has 1 atom stereocenters. The standard InChI is InChI=1S/C6H8ClN3O2S2/c7-6-10-9-4(14-6)2-13-1-3(8)5(11)12/h3H,1-2,8H2,(H,11,12). The van der Waals surface area contributed by atoms with Gasteiger partial charge in [-0.2, -0.15) is 11.8 Å². The predicted octanol–water partition coefficient (Wildman–Crippen LogP) is 0.837. The summed E-state index contributed by atoms with van der Waals surface area (Å²) in [5, 5.41) is 16.7. The number of thioether (sulfide) groups is 1. The Hall–Kier alpha value is -0.370. The van der Waals surface area contributed by atoms with E-state index in [9.17, 15) is 4.79 Å². The summed E-state index contributed by atoms with van der Waals surface area (Å²) in [6, 6.07) is -0.830. The molecule has 8 heteroatoms. The maximum atomic E-state index is 10.4. The van der Waals surface area contributed by atoms with Gasteiger partial charge in [0, 0.05) is 11.5 Å². The van der Waals surface area contributed by atoms with Crippen molar-refractivity contribution in [2.24, 2.45) is 5.73 Å². The lowest BCUT2D eigenvalue weighted by Gasteiger charge is -2.03. The van der Waals surface area contributed by atoms with Crippen molar-refractivity contribution in [1.29, 1.82) is 0 Å². The zero-order chi connectivity index (χ0) is 10.6. The van der Waals surface area contributed by atoms with Crippen LogP contribution in [0.4, 0.5) is 0 Å². The zero-order valence-corrected chi connectivity index (χ0v) is 9.40. The van der Waals surface area contributed by atoms with Crippen LogP contribution in [0, 0.1) is 0 Å². The third-order valence-electron chi connectivity index (χ3n) is 1.28. The molecule has 1 aromatic rings. The topological polar surface area (TPSA) is 89.1 Å². The molecule has 0 fully saturated rings. The number of hydrogen-bond acceptors (Lipinski definition) is 6. The van der Waals surface area contributed by atoms with Gasteiger partial charge >= 0.3 is 5.97 Å². The lowest BCUT2D eigenvalue weighted by molar-refractivity contribution is -0.137. The molecule has 0 bridgehead atoms. The van der Waals surface area contributed by atoms with Gasteiger partial charge < -0.3 is 10.8 Å². The van der Waals surface area contributed by atoms with Crippen molar-refractivity contribution in [3.05, 3.63) is 9.47 Å². The van der Waals surface area contributed by atoms with Crippen LogP contribution in [-0.2, 0) is 10.5 Å². The van der Waals surface area contributed by atoms with Gasteiger partial charge in [0.15, 0.2) is 0 Å². The molecule has 14 heavy (non-hydrogen) atoms. The van der Waals surface area contributed by atoms with Crippen molar-refractivity contribution in [2.75, 3.05) is 5.75 Å². The van der Waals surface area contributed by atoms with Gasteiger partial charge in [0.2, 0.25) is 4.47 Å². The number of nitrogens with zero attached hydrogens (tertiary/aromatic N) is 2. The first kappa shape index (κ1) is 11.7. The molecule has 0 aliphatic carbocycles. The molecule has 78 valence electrons. The molecule has 0 spiro atoms. The highest BCUT2D eigenvalue weighted by Crippen LogP contribution is 2.19. The fourth-order valence-electron chi connectivity index (χ4n) is 0.636.